The van der Waals surface area contributed by atoms with Crippen LogP contribution in [0, 0.1) is 11.8 Å². The van der Waals surface area contributed by atoms with E-state index in [4.69, 9.17) is 0 Å². The molecule has 1 rings (SSSR count). The number of likely N-dealkylation sites (tertiary alicyclic amines) is 1. The molecular weight excluding hydrogens is 214 g/mol. The summed E-state index contributed by atoms with van der Waals surface area (Å²) in [6, 6.07) is 0.777. The van der Waals surface area contributed by atoms with Crippen LogP contribution in [0.3, 0.4) is 0 Å². The van der Waals surface area contributed by atoms with Crippen LogP contribution >= 0.6 is 15.9 Å². The minimum atomic E-state index is 0.777. The number of hydrogen-bond donors (Lipinski definition) is 0. The molecule has 0 aromatic rings. The molecular formula is C10H20BrN. The Hall–Kier alpha value is 0.440. The summed E-state index contributed by atoms with van der Waals surface area (Å²) in [6.45, 7) is 9.59. The smallest absolute Gasteiger partial charge is 0.0159 e. The van der Waals surface area contributed by atoms with Gasteiger partial charge in [-0.05, 0) is 25.2 Å². The zero-order valence-corrected chi connectivity index (χ0v) is 9.97. The Labute approximate surface area is 84.6 Å². The minimum Gasteiger partial charge on any atom is -0.299 e. The van der Waals surface area contributed by atoms with Crippen molar-refractivity contribution < 1.29 is 0 Å². The number of alkyl halides is 1. The van der Waals surface area contributed by atoms with E-state index in [0.717, 1.165) is 23.2 Å². The van der Waals surface area contributed by atoms with Crippen LogP contribution in [-0.2, 0) is 0 Å². The Balaban J connectivity index is 2.47. The summed E-state index contributed by atoms with van der Waals surface area (Å²) in [5, 5.41) is 1.11. The van der Waals surface area contributed by atoms with E-state index in [2.05, 4.69) is 41.6 Å². The highest BCUT2D eigenvalue weighted by Crippen LogP contribution is 2.26. The third-order valence-corrected chi connectivity index (χ3v) is 3.45. The van der Waals surface area contributed by atoms with Gasteiger partial charge >= 0.3 is 0 Å². The van der Waals surface area contributed by atoms with Gasteiger partial charge in [0.05, 0.1) is 0 Å². The van der Waals surface area contributed by atoms with E-state index >= 15 is 0 Å². The predicted octanol–water partition coefficient (Wildman–Crippen LogP) is 2.75. The van der Waals surface area contributed by atoms with Crippen LogP contribution in [0.4, 0.5) is 0 Å². The van der Waals surface area contributed by atoms with Gasteiger partial charge in [0.15, 0.2) is 0 Å². The van der Waals surface area contributed by atoms with Gasteiger partial charge in [0.1, 0.15) is 0 Å². The molecule has 3 unspecified atom stereocenters. The van der Waals surface area contributed by atoms with Crippen LogP contribution in [0.15, 0.2) is 0 Å². The van der Waals surface area contributed by atoms with Gasteiger partial charge in [-0.1, -0.05) is 29.8 Å². The SMILES string of the molecule is CC1CC(C)C(C)N(CCBr)C1. The van der Waals surface area contributed by atoms with Crippen molar-refractivity contribution >= 4 is 15.9 Å². The third kappa shape index (κ3) is 2.46. The largest absolute Gasteiger partial charge is 0.299 e. The van der Waals surface area contributed by atoms with Crippen LogP contribution in [-0.4, -0.2) is 29.4 Å². The van der Waals surface area contributed by atoms with E-state index < -0.39 is 0 Å². The van der Waals surface area contributed by atoms with Crippen molar-refractivity contribution in [3.05, 3.63) is 0 Å². The lowest BCUT2D eigenvalue weighted by molar-refractivity contribution is 0.0867. The molecule has 3 atom stereocenters. The van der Waals surface area contributed by atoms with Gasteiger partial charge in [-0.3, -0.25) is 4.90 Å². The molecule has 1 fully saturated rings. The molecule has 0 amide bonds. The zero-order valence-electron chi connectivity index (χ0n) is 8.39. The summed E-state index contributed by atoms with van der Waals surface area (Å²) in [5.74, 6) is 1.75. The maximum absolute atomic E-state index is 3.51. The maximum Gasteiger partial charge on any atom is 0.0159 e. The van der Waals surface area contributed by atoms with Gasteiger partial charge in [-0.2, -0.15) is 0 Å². The molecule has 0 saturated carbocycles. The monoisotopic (exact) mass is 233 g/mol. The van der Waals surface area contributed by atoms with E-state index in [1.54, 1.807) is 0 Å². The van der Waals surface area contributed by atoms with Crippen LogP contribution in [0.25, 0.3) is 0 Å². The Morgan fingerprint density at radius 1 is 1.33 bits per heavy atom. The lowest BCUT2D eigenvalue weighted by atomic mass is 9.86. The second kappa shape index (κ2) is 4.61. The molecule has 12 heavy (non-hydrogen) atoms. The first kappa shape index (κ1) is 10.5. The Bertz CT molecular complexity index is 138. The molecule has 0 N–H and O–H groups in total. The molecule has 1 aliphatic heterocycles. The van der Waals surface area contributed by atoms with Crippen molar-refractivity contribution in [1.82, 2.24) is 4.90 Å². The fourth-order valence-corrected chi connectivity index (χ4v) is 2.69. The van der Waals surface area contributed by atoms with Crippen LogP contribution in [0.5, 0.6) is 0 Å². The average molecular weight is 234 g/mol. The molecule has 0 radical (unpaired) electrons. The van der Waals surface area contributed by atoms with Gasteiger partial charge in [-0.25, -0.2) is 0 Å². The summed E-state index contributed by atoms with van der Waals surface area (Å²) in [4.78, 5) is 2.60. The highest BCUT2D eigenvalue weighted by Gasteiger charge is 2.27. The van der Waals surface area contributed by atoms with Crippen molar-refractivity contribution in [2.75, 3.05) is 18.4 Å². The minimum absolute atomic E-state index is 0.777. The lowest BCUT2D eigenvalue weighted by Crippen LogP contribution is -2.46. The van der Waals surface area contributed by atoms with Gasteiger partial charge in [0, 0.05) is 24.5 Å². The van der Waals surface area contributed by atoms with Crippen molar-refractivity contribution in [1.29, 1.82) is 0 Å². The van der Waals surface area contributed by atoms with E-state index in [0.29, 0.717) is 0 Å². The second-order valence-corrected chi connectivity index (χ2v) is 5.04. The predicted molar refractivity (Wildman–Crippen MR) is 57.8 cm³/mol. The van der Waals surface area contributed by atoms with Crippen molar-refractivity contribution in [2.45, 2.75) is 33.2 Å². The number of hydrogen-bond acceptors (Lipinski definition) is 1. The molecule has 1 nitrogen and oxygen atoms in total. The first-order valence-corrected chi connectivity index (χ1v) is 6.07. The molecule has 1 heterocycles. The van der Waals surface area contributed by atoms with Gasteiger partial charge in [-0.15, -0.1) is 0 Å². The first-order chi connectivity index (χ1) is 5.65. The summed E-state index contributed by atoms with van der Waals surface area (Å²) < 4.78 is 0. The molecule has 1 aliphatic rings. The Kier molecular flexibility index (Phi) is 4.04. The fourth-order valence-electron chi connectivity index (χ4n) is 2.24. The summed E-state index contributed by atoms with van der Waals surface area (Å²) in [5.41, 5.74) is 0. The molecule has 0 aliphatic carbocycles. The summed E-state index contributed by atoms with van der Waals surface area (Å²) in [6.07, 6.45) is 1.40. The second-order valence-electron chi connectivity index (χ2n) is 4.24. The molecule has 1 saturated heterocycles. The van der Waals surface area contributed by atoms with Crippen LogP contribution in [0.2, 0.25) is 0 Å². The summed E-state index contributed by atoms with van der Waals surface area (Å²) >= 11 is 3.51. The summed E-state index contributed by atoms with van der Waals surface area (Å²) in [7, 11) is 0. The molecule has 72 valence electrons. The highest BCUT2D eigenvalue weighted by molar-refractivity contribution is 9.09. The average Bonchev–Trinajstić information content (AvgIpc) is 2.00. The van der Waals surface area contributed by atoms with Crippen molar-refractivity contribution in [3.63, 3.8) is 0 Å². The number of nitrogens with zero attached hydrogens (tertiary/aromatic N) is 1. The maximum atomic E-state index is 3.51. The van der Waals surface area contributed by atoms with E-state index in [1.165, 1.54) is 19.5 Å². The number of piperidine rings is 1. The normalized spacial score (nSPS) is 38.5. The highest BCUT2D eigenvalue weighted by atomic mass is 79.9. The van der Waals surface area contributed by atoms with E-state index in [-0.39, 0.29) is 0 Å². The van der Waals surface area contributed by atoms with Crippen molar-refractivity contribution in [3.8, 4) is 0 Å². The Morgan fingerprint density at radius 3 is 2.58 bits per heavy atom. The number of halogens is 1. The van der Waals surface area contributed by atoms with E-state index in [9.17, 15) is 0 Å². The number of rotatable bonds is 2. The first-order valence-electron chi connectivity index (χ1n) is 4.95. The molecule has 0 aromatic carbocycles. The quantitative estimate of drug-likeness (QED) is 0.664. The molecule has 0 aromatic heterocycles. The van der Waals surface area contributed by atoms with Crippen molar-refractivity contribution in [2.24, 2.45) is 11.8 Å². The Morgan fingerprint density at radius 2 is 2.00 bits per heavy atom. The van der Waals surface area contributed by atoms with Crippen LogP contribution in [0.1, 0.15) is 27.2 Å². The third-order valence-electron chi connectivity index (χ3n) is 3.09. The van der Waals surface area contributed by atoms with Crippen LogP contribution < -0.4 is 0 Å². The fraction of sp³-hybridized carbons (Fsp3) is 1.00. The topological polar surface area (TPSA) is 3.24 Å². The van der Waals surface area contributed by atoms with Gasteiger partial charge in [0.25, 0.3) is 0 Å². The van der Waals surface area contributed by atoms with Gasteiger partial charge in [0.2, 0.25) is 0 Å². The zero-order chi connectivity index (χ0) is 9.14. The van der Waals surface area contributed by atoms with Gasteiger partial charge < -0.3 is 0 Å². The standard InChI is InChI=1S/C10H20BrN/c1-8-6-9(2)10(3)12(7-8)5-4-11/h8-10H,4-7H2,1-3H3. The lowest BCUT2D eigenvalue weighted by Gasteiger charge is -2.40. The molecule has 2 heteroatoms. The molecule has 0 bridgehead atoms. The van der Waals surface area contributed by atoms with E-state index in [1.807, 2.05) is 0 Å². The molecule has 0 spiro atoms.